The van der Waals surface area contributed by atoms with Crippen LogP contribution in [0.5, 0.6) is 0 Å². The Kier molecular flexibility index (Phi) is 34.1. The molecule has 0 radical (unpaired) electrons. The lowest BCUT2D eigenvalue weighted by Gasteiger charge is -2.18. The lowest BCUT2D eigenvalue weighted by Crippen LogP contribution is -2.30. The van der Waals surface area contributed by atoms with E-state index in [-0.39, 0.29) is 31.1 Å². The van der Waals surface area contributed by atoms with Crippen LogP contribution in [0.25, 0.3) is 0 Å². The molecule has 0 saturated heterocycles. The molecule has 6 nitrogen and oxygen atoms in total. The molecule has 0 N–H and O–H groups in total. The number of esters is 3. The van der Waals surface area contributed by atoms with Gasteiger partial charge < -0.3 is 14.2 Å². The maximum atomic E-state index is 12.6. The van der Waals surface area contributed by atoms with Gasteiger partial charge in [-0.25, -0.2) is 0 Å². The molecule has 0 aromatic carbocycles. The Morgan fingerprint density at radius 2 is 0.688 bits per heavy atom. The Labute approximate surface area is 298 Å². The van der Waals surface area contributed by atoms with Gasteiger partial charge in [-0.1, -0.05) is 182 Å². The maximum Gasteiger partial charge on any atom is 0.306 e. The quantitative estimate of drug-likeness (QED) is 0.0372. The van der Waals surface area contributed by atoms with Gasteiger partial charge in [-0.05, 0) is 31.1 Å². The highest BCUT2D eigenvalue weighted by molar-refractivity contribution is 5.71. The van der Waals surface area contributed by atoms with E-state index in [1.165, 1.54) is 109 Å². The summed E-state index contributed by atoms with van der Waals surface area (Å²) in [6, 6.07) is 0. The molecular formula is C42H80O6. The first-order valence-corrected chi connectivity index (χ1v) is 20.7. The second-order valence-electron chi connectivity index (χ2n) is 15.2. The molecule has 0 fully saturated rings. The summed E-state index contributed by atoms with van der Waals surface area (Å²) in [4.78, 5) is 37.5. The third-order valence-electron chi connectivity index (χ3n) is 9.22. The predicted octanol–water partition coefficient (Wildman–Crippen LogP) is 12.6. The second kappa shape index (κ2) is 35.2. The monoisotopic (exact) mass is 681 g/mol. The van der Waals surface area contributed by atoms with E-state index in [9.17, 15) is 14.4 Å². The molecule has 284 valence electrons. The number of hydrogen-bond acceptors (Lipinski definition) is 6. The number of ether oxygens (including phenoxy) is 3. The van der Waals surface area contributed by atoms with E-state index in [1.54, 1.807) is 0 Å². The summed E-state index contributed by atoms with van der Waals surface area (Å²) >= 11 is 0. The van der Waals surface area contributed by atoms with Crippen molar-refractivity contribution in [3.05, 3.63) is 0 Å². The van der Waals surface area contributed by atoms with Crippen LogP contribution in [0.1, 0.15) is 221 Å². The lowest BCUT2D eigenvalue weighted by molar-refractivity contribution is -0.167. The van der Waals surface area contributed by atoms with Gasteiger partial charge in [-0.2, -0.15) is 0 Å². The van der Waals surface area contributed by atoms with Gasteiger partial charge in [0.2, 0.25) is 0 Å². The minimum Gasteiger partial charge on any atom is -0.462 e. The zero-order chi connectivity index (χ0) is 35.5. The Balaban J connectivity index is 4.36. The van der Waals surface area contributed by atoms with Crippen LogP contribution in [0.4, 0.5) is 0 Å². The smallest absolute Gasteiger partial charge is 0.306 e. The first-order valence-electron chi connectivity index (χ1n) is 20.7. The minimum atomic E-state index is -0.759. The summed E-state index contributed by atoms with van der Waals surface area (Å²) in [7, 11) is 0. The van der Waals surface area contributed by atoms with E-state index >= 15 is 0 Å². The van der Waals surface area contributed by atoms with E-state index in [4.69, 9.17) is 14.2 Å². The molecule has 0 aromatic rings. The van der Waals surface area contributed by atoms with Crippen molar-refractivity contribution in [3.8, 4) is 0 Å². The van der Waals surface area contributed by atoms with Crippen molar-refractivity contribution >= 4 is 17.9 Å². The standard InChI is InChI=1S/C42H80O6/c1-6-7-8-9-10-11-17-22-27-32-40(43)46-35-39(36-47-41(44)33-28-23-19-14-16-21-26-31-38(4)5)48-42(45)34-29-24-18-13-12-15-20-25-30-37(2)3/h37-39H,6-36H2,1-5H3/t39-/m0/s1. The number of rotatable bonds is 36. The van der Waals surface area contributed by atoms with Gasteiger partial charge in [0, 0.05) is 19.3 Å². The largest absolute Gasteiger partial charge is 0.462 e. The zero-order valence-corrected chi connectivity index (χ0v) is 32.6. The van der Waals surface area contributed by atoms with Crippen LogP contribution in [0.15, 0.2) is 0 Å². The van der Waals surface area contributed by atoms with Crippen molar-refractivity contribution in [1.82, 2.24) is 0 Å². The summed E-state index contributed by atoms with van der Waals surface area (Å²) in [5.41, 5.74) is 0. The average molecular weight is 681 g/mol. The van der Waals surface area contributed by atoms with Gasteiger partial charge in [0.1, 0.15) is 13.2 Å². The van der Waals surface area contributed by atoms with Gasteiger partial charge >= 0.3 is 17.9 Å². The molecule has 1 atom stereocenters. The third kappa shape index (κ3) is 35.7. The molecule has 0 amide bonds. The van der Waals surface area contributed by atoms with Gasteiger partial charge in [-0.15, -0.1) is 0 Å². The SMILES string of the molecule is CCCCCCCCCCCC(=O)OC[C@@H](COC(=O)CCCCCCCCCC(C)C)OC(=O)CCCCCCCCCCC(C)C. The molecule has 0 aliphatic heterocycles. The molecule has 0 spiro atoms. The fourth-order valence-corrected chi connectivity index (χ4v) is 6.05. The highest BCUT2D eigenvalue weighted by atomic mass is 16.6. The van der Waals surface area contributed by atoms with Crippen molar-refractivity contribution in [2.24, 2.45) is 11.8 Å². The van der Waals surface area contributed by atoms with E-state index < -0.39 is 6.10 Å². The van der Waals surface area contributed by atoms with Crippen molar-refractivity contribution in [3.63, 3.8) is 0 Å². The zero-order valence-electron chi connectivity index (χ0n) is 32.6. The first-order chi connectivity index (χ1) is 23.2. The van der Waals surface area contributed by atoms with Gasteiger partial charge in [0.05, 0.1) is 0 Å². The summed E-state index contributed by atoms with van der Waals surface area (Å²) < 4.78 is 16.6. The second-order valence-corrected chi connectivity index (χ2v) is 15.2. The molecule has 0 rings (SSSR count). The Morgan fingerprint density at radius 3 is 1.02 bits per heavy atom. The fourth-order valence-electron chi connectivity index (χ4n) is 6.05. The summed E-state index contributed by atoms with van der Waals surface area (Å²) in [5, 5.41) is 0. The topological polar surface area (TPSA) is 78.9 Å². The fraction of sp³-hybridized carbons (Fsp3) is 0.929. The number of unbranched alkanes of at least 4 members (excludes halogenated alkanes) is 21. The molecule has 0 aliphatic carbocycles. The third-order valence-corrected chi connectivity index (χ3v) is 9.22. The number of hydrogen-bond donors (Lipinski definition) is 0. The van der Waals surface area contributed by atoms with Crippen LogP contribution < -0.4 is 0 Å². The van der Waals surface area contributed by atoms with E-state index in [0.29, 0.717) is 19.3 Å². The number of carbonyl (C=O) groups is 3. The maximum absolute atomic E-state index is 12.6. The normalized spacial score (nSPS) is 12.1. The highest BCUT2D eigenvalue weighted by Gasteiger charge is 2.19. The molecule has 0 unspecified atom stereocenters. The van der Waals surface area contributed by atoms with Crippen molar-refractivity contribution in [2.45, 2.75) is 227 Å². The van der Waals surface area contributed by atoms with Crippen LogP contribution >= 0.6 is 0 Å². The first kappa shape index (κ1) is 46.4. The van der Waals surface area contributed by atoms with Crippen molar-refractivity contribution < 1.29 is 28.6 Å². The van der Waals surface area contributed by atoms with Crippen LogP contribution in [-0.4, -0.2) is 37.2 Å². The Morgan fingerprint density at radius 1 is 0.396 bits per heavy atom. The Hall–Kier alpha value is -1.59. The molecule has 0 aromatic heterocycles. The van der Waals surface area contributed by atoms with Crippen molar-refractivity contribution in [2.75, 3.05) is 13.2 Å². The lowest BCUT2D eigenvalue weighted by atomic mass is 10.0. The molecule has 0 bridgehead atoms. The van der Waals surface area contributed by atoms with Gasteiger partial charge in [0.25, 0.3) is 0 Å². The van der Waals surface area contributed by atoms with Crippen LogP contribution in [0.3, 0.4) is 0 Å². The van der Waals surface area contributed by atoms with Gasteiger partial charge in [-0.3, -0.25) is 14.4 Å². The van der Waals surface area contributed by atoms with E-state index in [1.807, 2.05) is 0 Å². The highest BCUT2D eigenvalue weighted by Crippen LogP contribution is 2.15. The van der Waals surface area contributed by atoms with Crippen LogP contribution in [0, 0.1) is 11.8 Å². The van der Waals surface area contributed by atoms with Gasteiger partial charge in [0.15, 0.2) is 6.10 Å². The predicted molar refractivity (Wildman–Crippen MR) is 201 cm³/mol. The summed E-state index contributed by atoms with van der Waals surface area (Å²) in [6.07, 6.45) is 31.0. The number of carbonyl (C=O) groups excluding carboxylic acids is 3. The molecule has 0 heterocycles. The molecule has 0 aliphatic rings. The summed E-state index contributed by atoms with van der Waals surface area (Å²) in [6.45, 7) is 11.2. The average Bonchev–Trinajstić information content (AvgIpc) is 3.04. The molecule has 0 saturated carbocycles. The van der Waals surface area contributed by atoms with E-state index in [0.717, 1.165) is 69.6 Å². The minimum absolute atomic E-state index is 0.0666. The summed E-state index contributed by atoms with van der Waals surface area (Å²) in [5.74, 6) is 0.705. The van der Waals surface area contributed by atoms with Crippen LogP contribution in [0.2, 0.25) is 0 Å². The molecular weight excluding hydrogens is 600 g/mol. The Bertz CT molecular complexity index is 734. The van der Waals surface area contributed by atoms with Crippen LogP contribution in [-0.2, 0) is 28.6 Å². The molecule has 6 heteroatoms. The van der Waals surface area contributed by atoms with E-state index in [2.05, 4.69) is 34.6 Å². The van der Waals surface area contributed by atoms with Crippen molar-refractivity contribution in [1.29, 1.82) is 0 Å². The molecule has 48 heavy (non-hydrogen) atoms.